The number of carbonyl (C=O) groups excluding carboxylic acids is 1. The summed E-state index contributed by atoms with van der Waals surface area (Å²) in [4.78, 5) is 12.3. The van der Waals surface area contributed by atoms with Crippen LogP contribution in [0.15, 0.2) is 18.2 Å². The average molecular weight is 361 g/mol. The first kappa shape index (κ1) is 18.3. The van der Waals surface area contributed by atoms with Crippen molar-refractivity contribution in [2.45, 2.75) is 25.4 Å². The first-order valence-electron chi connectivity index (χ1n) is 7.78. The fourth-order valence-electron chi connectivity index (χ4n) is 2.80. The molecule has 0 radical (unpaired) electrons. The Labute approximate surface area is 147 Å². The SMILES string of the molecule is Cl.O=C(Nc1cc(Cl)ccc1OCC1CCCO1)C1CCNC1. The Hall–Kier alpha value is -1.01. The van der Waals surface area contributed by atoms with Crippen LogP contribution in [0.4, 0.5) is 5.69 Å². The highest BCUT2D eigenvalue weighted by Crippen LogP contribution is 2.29. The van der Waals surface area contributed by atoms with Gasteiger partial charge in [-0.2, -0.15) is 0 Å². The summed E-state index contributed by atoms with van der Waals surface area (Å²) in [5.74, 6) is 0.651. The molecule has 2 atom stereocenters. The van der Waals surface area contributed by atoms with Crippen LogP contribution in [0.1, 0.15) is 19.3 Å². The Balaban J connectivity index is 0.00000192. The number of anilines is 1. The summed E-state index contributed by atoms with van der Waals surface area (Å²) < 4.78 is 11.4. The molecule has 2 saturated heterocycles. The second-order valence-electron chi connectivity index (χ2n) is 5.77. The van der Waals surface area contributed by atoms with Crippen molar-refractivity contribution in [1.82, 2.24) is 5.32 Å². The molecule has 2 heterocycles. The molecule has 5 nitrogen and oxygen atoms in total. The van der Waals surface area contributed by atoms with E-state index in [4.69, 9.17) is 21.1 Å². The van der Waals surface area contributed by atoms with Gasteiger partial charge in [0, 0.05) is 18.2 Å². The first-order valence-corrected chi connectivity index (χ1v) is 8.16. The summed E-state index contributed by atoms with van der Waals surface area (Å²) >= 11 is 6.04. The van der Waals surface area contributed by atoms with Crippen molar-refractivity contribution in [3.63, 3.8) is 0 Å². The van der Waals surface area contributed by atoms with Crippen molar-refractivity contribution >= 4 is 35.6 Å². The summed E-state index contributed by atoms with van der Waals surface area (Å²) in [6.45, 7) is 2.90. The standard InChI is InChI=1S/C16H21ClN2O3.ClH/c17-12-3-4-15(22-10-13-2-1-7-21-13)14(8-12)19-16(20)11-5-6-18-9-11;/h3-4,8,11,13,18H,1-2,5-7,9-10H2,(H,19,20);1H. The number of amides is 1. The molecule has 0 spiro atoms. The maximum Gasteiger partial charge on any atom is 0.228 e. The number of carbonyl (C=O) groups is 1. The van der Waals surface area contributed by atoms with Crippen LogP contribution < -0.4 is 15.4 Å². The second kappa shape index (κ2) is 8.73. The molecule has 128 valence electrons. The number of benzene rings is 1. The third kappa shape index (κ3) is 4.98. The maximum atomic E-state index is 12.3. The normalized spacial score (nSPS) is 23.3. The van der Waals surface area contributed by atoms with Crippen LogP contribution >= 0.6 is 24.0 Å². The molecule has 0 saturated carbocycles. The van der Waals surface area contributed by atoms with E-state index in [1.807, 2.05) is 0 Å². The molecule has 23 heavy (non-hydrogen) atoms. The van der Waals surface area contributed by atoms with Gasteiger partial charge in [-0.15, -0.1) is 12.4 Å². The van der Waals surface area contributed by atoms with Gasteiger partial charge in [-0.05, 0) is 44.0 Å². The number of hydrogen-bond donors (Lipinski definition) is 2. The molecule has 0 aromatic heterocycles. The molecule has 0 bridgehead atoms. The van der Waals surface area contributed by atoms with Gasteiger partial charge in [0.15, 0.2) is 0 Å². The number of rotatable bonds is 5. The van der Waals surface area contributed by atoms with E-state index in [0.717, 1.165) is 39.0 Å². The van der Waals surface area contributed by atoms with Gasteiger partial charge in [0.25, 0.3) is 0 Å². The maximum absolute atomic E-state index is 12.3. The fourth-order valence-corrected chi connectivity index (χ4v) is 2.97. The van der Waals surface area contributed by atoms with E-state index in [1.165, 1.54) is 0 Å². The largest absolute Gasteiger partial charge is 0.489 e. The van der Waals surface area contributed by atoms with Crippen LogP contribution in [0.5, 0.6) is 5.75 Å². The molecular formula is C16H22Cl2N2O3. The van der Waals surface area contributed by atoms with Gasteiger partial charge in [-0.3, -0.25) is 4.79 Å². The van der Waals surface area contributed by atoms with Crippen LogP contribution in [-0.2, 0) is 9.53 Å². The zero-order valence-electron chi connectivity index (χ0n) is 12.8. The topological polar surface area (TPSA) is 59.6 Å². The van der Waals surface area contributed by atoms with E-state index in [-0.39, 0.29) is 30.3 Å². The third-order valence-corrected chi connectivity index (χ3v) is 4.31. The molecule has 2 aliphatic heterocycles. The van der Waals surface area contributed by atoms with Gasteiger partial charge in [0.2, 0.25) is 5.91 Å². The smallest absolute Gasteiger partial charge is 0.228 e. The van der Waals surface area contributed by atoms with E-state index < -0.39 is 0 Å². The van der Waals surface area contributed by atoms with E-state index in [9.17, 15) is 4.79 Å². The summed E-state index contributed by atoms with van der Waals surface area (Å²) in [5.41, 5.74) is 0.627. The Morgan fingerprint density at radius 1 is 1.43 bits per heavy atom. The van der Waals surface area contributed by atoms with Gasteiger partial charge < -0.3 is 20.1 Å². The van der Waals surface area contributed by atoms with Gasteiger partial charge >= 0.3 is 0 Å². The van der Waals surface area contributed by atoms with Gasteiger partial charge in [-0.25, -0.2) is 0 Å². The summed E-state index contributed by atoms with van der Waals surface area (Å²) in [6, 6.07) is 5.28. The minimum atomic E-state index is 0. The minimum Gasteiger partial charge on any atom is -0.489 e. The Kier molecular flexibility index (Phi) is 6.96. The van der Waals surface area contributed by atoms with Crippen LogP contribution in [-0.4, -0.2) is 38.3 Å². The van der Waals surface area contributed by atoms with Crippen molar-refractivity contribution in [3.05, 3.63) is 23.2 Å². The summed E-state index contributed by atoms with van der Waals surface area (Å²) in [7, 11) is 0. The molecule has 7 heteroatoms. The zero-order valence-corrected chi connectivity index (χ0v) is 14.4. The number of halogens is 2. The van der Waals surface area contributed by atoms with Gasteiger partial charge in [0.1, 0.15) is 12.4 Å². The molecule has 1 amide bonds. The Bertz CT molecular complexity index is 530. The molecule has 2 aliphatic rings. The highest BCUT2D eigenvalue weighted by Gasteiger charge is 2.23. The number of hydrogen-bond acceptors (Lipinski definition) is 4. The van der Waals surface area contributed by atoms with Crippen molar-refractivity contribution < 1.29 is 14.3 Å². The van der Waals surface area contributed by atoms with Crippen LogP contribution in [0.2, 0.25) is 5.02 Å². The number of nitrogens with one attached hydrogen (secondary N) is 2. The lowest BCUT2D eigenvalue weighted by Crippen LogP contribution is -2.25. The molecule has 1 aromatic rings. The van der Waals surface area contributed by atoms with E-state index in [1.54, 1.807) is 18.2 Å². The van der Waals surface area contributed by atoms with E-state index >= 15 is 0 Å². The molecular weight excluding hydrogens is 339 g/mol. The highest BCUT2D eigenvalue weighted by atomic mass is 35.5. The van der Waals surface area contributed by atoms with Gasteiger partial charge in [-0.1, -0.05) is 11.6 Å². The zero-order chi connectivity index (χ0) is 15.4. The first-order chi connectivity index (χ1) is 10.7. The van der Waals surface area contributed by atoms with Crippen LogP contribution in [0.3, 0.4) is 0 Å². The summed E-state index contributed by atoms with van der Waals surface area (Å²) in [6.07, 6.45) is 3.09. The lowest BCUT2D eigenvalue weighted by atomic mass is 10.1. The van der Waals surface area contributed by atoms with E-state index in [0.29, 0.717) is 23.1 Å². The van der Waals surface area contributed by atoms with Crippen molar-refractivity contribution in [1.29, 1.82) is 0 Å². The van der Waals surface area contributed by atoms with Crippen molar-refractivity contribution in [3.8, 4) is 5.75 Å². The lowest BCUT2D eigenvalue weighted by Gasteiger charge is -2.16. The second-order valence-corrected chi connectivity index (χ2v) is 6.20. The Morgan fingerprint density at radius 3 is 3.00 bits per heavy atom. The summed E-state index contributed by atoms with van der Waals surface area (Å²) in [5, 5.41) is 6.71. The monoisotopic (exact) mass is 360 g/mol. The third-order valence-electron chi connectivity index (χ3n) is 4.08. The van der Waals surface area contributed by atoms with Gasteiger partial charge in [0.05, 0.1) is 17.7 Å². The van der Waals surface area contributed by atoms with Crippen LogP contribution in [0.25, 0.3) is 0 Å². The molecule has 2 fully saturated rings. The highest BCUT2D eigenvalue weighted by molar-refractivity contribution is 6.31. The number of ether oxygens (including phenoxy) is 2. The molecule has 3 rings (SSSR count). The molecule has 2 unspecified atom stereocenters. The predicted molar refractivity (Wildman–Crippen MR) is 92.8 cm³/mol. The predicted octanol–water partition coefficient (Wildman–Crippen LogP) is 2.87. The molecule has 0 aliphatic carbocycles. The van der Waals surface area contributed by atoms with E-state index in [2.05, 4.69) is 10.6 Å². The molecule has 2 N–H and O–H groups in total. The average Bonchev–Trinajstić information content (AvgIpc) is 3.20. The van der Waals surface area contributed by atoms with Crippen LogP contribution in [0, 0.1) is 5.92 Å². The fraction of sp³-hybridized carbons (Fsp3) is 0.562. The quantitative estimate of drug-likeness (QED) is 0.847. The van der Waals surface area contributed by atoms with Crippen molar-refractivity contribution in [2.75, 3.05) is 31.6 Å². The van der Waals surface area contributed by atoms with Crippen molar-refractivity contribution in [2.24, 2.45) is 5.92 Å². The minimum absolute atomic E-state index is 0. The lowest BCUT2D eigenvalue weighted by molar-refractivity contribution is -0.119. The Morgan fingerprint density at radius 2 is 2.30 bits per heavy atom. The molecule has 1 aromatic carbocycles.